The van der Waals surface area contributed by atoms with Crippen LogP contribution in [-0.4, -0.2) is 22.8 Å². The Labute approximate surface area is 105 Å². The minimum atomic E-state index is -0.557. The summed E-state index contributed by atoms with van der Waals surface area (Å²) >= 11 is 1.39. The van der Waals surface area contributed by atoms with E-state index in [-0.39, 0.29) is 11.8 Å². The SMILES string of the molecule is CC(=O)N[C@H](C)C(=O)Nc1nc(C(C)C)cs1. The minimum Gasteiger partial charge on any atom is -0.345 e. The largest absolute Gasteiger partial charge is 0.345 e. The van der Waals surface area contributed by atoms with Crippen molar-refractivity contribution in [3.8, 4) is 0 Å². The number of carbonyl (C=O) groups excluding carboxylic acids is 2. The third-order valence-electron chi connectivity index (χ3n) is 2.16. The summed E-state index contributed by atoms with van der Waals surface area (Å²) < 4.78 is 0. The summed E-state index contributed by atoms with van der Waals surface area (Å²) in [6.07, 6.45) is 0. The predicted octanol–water partition coefficient (Wildman–Crippen LogP) is 1.73. The molecule has 5 nitrogen and oxygen atoms in total. The Morgan fingerprint density at radius 1 is 1.35 bits per heavy atom. The van der Waals surface area contributed by atoms with E-state index in [0.717, 1.165) is 5.69 Å². The first kappa shape index (κ1) is 13.6. The molecule has 1 atom stereocenters. The lowest BCUT2D eigenvalue weighted by atomic mass is 10.2. The van der Waals surface area contributed by atoms with Crippen LogP contribution in [0.5, 0.6) is 0 Å². The molecule has 0 aromatic carbocycles. The number of thiazole rings is 1. The zero-order valence-electron chi connectivity index (χ0n) is 10.4. The summed E-state index contributed by atoms with van der Waals surface area (Å²) in [5.41, 5.74) is 0.956. The molecule has 1 rings (SSSR count). The molecule has 2 amide bonds. The van der Waals surface area contributed by atoms with Gasteiger partial charge in [-0.2, -0.15) is 0 Å². The maximum absolute atomic E-state index is 11.7. The lowest BCUT2D eigenvalue weighted by Gasteiger charge is -2.10. The molecule has 0 aliphatic heterocycles. The molecule has 0 unspecified atom stereocenters. The van der Waals surface area contributed by atoms with Gasteiger partial charge in [0, 0.05) is 12.3 Å². The smallest absolute Gasteiger partial charge is 0.248 e. The Hall–Kier alpha value is -1.43. The molecular formula is C11H17N3O2S. The van der Waals surface area contributed by atoms with Gasteiger partial charge in [0.05, 0.1) is 5.69 Å². The van der Waals surface area contributed by atoms with Gasteiger partial charge in [0.15, 0.2) is 5.13 Å². The summed E-state index contributed by atoms with van der Waals surface area (Å²) in [6, 6.07) is -0.557. The predicted molar refractivity (Wildman–Crippen MR) is 68.1 cm³/mol. The van der Waals surface area contributed by atoms with Gasteiger partial charge in [0.2, 0.25) is 11.8 Å². The molecule has 0 aliphatic rings. The van der Waals surface area contributed by atoms with E-state index in [4.69, 9.17) is 0 Å². The van der Waals surface area contributed by atoms with E-state index >= 15 is 0 Å². The fourth-order valence-corrected chi connectivity index (χ4v) is 2.07. The molecule has 0 spiro atoms. The summed E-state index contributed by atoms with van der Waals surface area (Å²) in [5.74, 6) is -0.149. The van der Waals surface area contributed by atoms with Gasteiger partial charge >= 0.3 is 0 Å². The first-order chi connectivity index (χ1) is 7.90. The van der Waals surface area contributed by atoms with Crippen LogP contribution in [0.2, 0.25) is 0 Å². The molecule has 0 saturated heterocycles. The highest BCUT2D eigenvalue weighted by Crippen LogP contribution is 2.21. The number of carbonyl (C=O) groups is 2. The van der Waals surface area contributed by atoms with E-state index in [9.17, 15) is 9.59 Å². The van der Waals surface area contributed by atoms with Crippen LogP contribution in [0, 0.1) is 0 Å². The number of aromatic nitrogens is 1. The lowest BCUT2D eigenvalue weighted by Crippen LogP contribution is -2.40. The van der Waals surface area contributed by atoms with Crippen LogP contribution in [0.15, 0.2) is 5.38 Å². The van der Waals surface area contributed by atoms with E-state index in [1.807, 2.05) is 19.2 Å². The van der Waals surface area contributed by atoms with Gasteiger partial charge in [0.25, 0.3) is 0 Å². The van der Waals surface area contributed by atoms with Crippen LogP contribution in [0.3, 0.4) is 0 Å². The van der Waals surface area contributed by atoms with Crippen molar-refractivity contribution in [3.05, 3.63) is 11.1 Å². The van der Waals surface area contributed by atoms with E-state index in [1.54, 1.807) is 6.92 Å². The van der Waals surface area contributed by atoms with Gasteiger partial charge in [-0.25, -0.2) is 4.98 Å². The highest BCUT2D eigenvalue weighted by molar-refractivity contribution is 7.13. The lowest BCUT2D eigenvalue weighted by molar-refractivity contribution is -0.124. The Morgan fingerprint density at radius 3 is 2.47 bits per heavy atom. The second-order valence-corrected chi connectivity index (χ2v) is 5.00. The Bertz CT molecular complexity index is 415. The van der Waals surface area contributed by atoms with E-state index in [1.165, 1.54) is 18.3 Å². The molecule has 17 heavy (non-hydrogen) atoms. The summed E-state index contributed by atoms with van der Waals surface area (Å²) in [6.45, 7) is 7.10. The van der Waals surface area contributed by atoms with Crippen molar-refractivity contribution in [2.75, 3.05) is 5.32 Å². The van der Waals surface area contributed by atoms with Crippen LogP contribution < -0.4 is 10.6 Å². The number of amides is 2. The van der Waals surface area contributed by atoms with Crippen LogP contribution in [-0.2, 0) is 9.59 Å². The van der Waals surface area contributed by atoms with Crippen LogP contribution in [0.1, 0.15) is 39.3 Å². The van der Waals surface area contributed by atoms with Crippen molar-refractivity contribution in [2.24, 2.45) is 0 Å². The van der Waals surface area contributed by atoms with E-state index in [0.29, 0.717) is 11.0 Å². The van der Waals surface area contributed by atoms with Crippen molar-refractivity contribution in [3.63, 3.8) is 0 Å². The molecule has 0 radical (unpaired) electrons. The van der Waals surface area contributed by atoms with Crippen LogP contribution in [0.25, 0.3) is 0 Å². The average Bonchev–Trinajstić information content (AvgIpc) is 2.65. The second kappa shape index (κ2) is 5.77. The van der Waals surface area contributed by atoms with Gasteiger partial charge in [-0.05, 0) is 12.8 Å². The van der Waals surface area contributed by atoms with Crippen LogP contribution >= 0.6 is 11.3 Å². The second-order valence-electron chi connectivity index (χ2n) is 4.14. The topological polar surface area (TPSA) is 71.1 Å². The van der Waals surface area contributed by atoms with Gasteiger partial charge < -0.3 is 10.6 Å². The molecule has 2 N–H and O–H groups in total. The zero-order valence-corrected chi connectivity index (χ0v) is 11.2. The van der Waals surface area contributed by atoms with E-state index < -0.39 is 6.04 Å². The fourth-order valence-electron chi connectivity index (χ4n) is 1.19. The van der Waals surface area contributed by atoms with Gasteiger partial charge in [-0.15, -0.1) is 11.3 Å². The van der Waals surface area contributed by atoms with Gasteiger partial charge in [-0.1, -0.05) is 13.8 Å². The maximum Gasteiger partial charge on any atom is 0.248 e. The number of nitrogens with one attached hydrogen (secondary N) is 2. The molecule has 6 heteroatoms. The monoisotopic (exact) mass is 255 g/mol. The average molecular weight is 255 g/mol. The molecule has 0 fully saturated rings. The normalized spacial score (nSPS) is 12.3. The molecule has 1 aromatic rings. The molecule has 0 bridgehead atoms. The first-order valence-corrected chi connectivity index (χ1v) is 6.31. The van der Waals surface area contributed by atoms with Crippen molar-refractivity contribution in [2.45, 2.75) is 39.7 Å². The fraction of sp³-hybridized carbons (Fsp3) is 0.545. The molecule has 1 aromatic heterocycles. The number of nitrogens with zero attached hydrogens (tertiary/aromatic N) is 1. The molecule has 0 aliphatic carbocycles. The number of hydrogen-bond donors (Lipinski definition) is 2. The molecule has 0 saturated carbocycles. The Balaban J connectivity index is 2.58. The Kier molecular flexibility index (Phi) is 4.62. The summed E-state index contributed by atoms with van der Waals surface area (Å²) in [7, 11) is 0. The third kappa shape index (κ3) is 4.14. The molecule has 1 heterocycles. The summed E-state index contributed by atoms with van der Waals surface area (Å²) in [5, 5.41) is 7.68. The van der Waals surface area contributed by atoms with Crippen molar-refractivity contribution < 1.29 is 9.59 Å². The number of anilines is 1. The summed E-state index contributed by atoms with van der Waals surface area (Å²) in [4.78, 5) is 26.8. The van der Waals surface area contributed by atoms with E-state index in [2.05, 4.69) is 15.6 Å². The minimum absolute atomic E-state index is 0.227. The highest BCUT2D eigenvalue weighted by Gasteiger charge is 2.15. The molecular weight excluding hydrogens is 238 g/mol. The van der Waals surface area contributed by atoms with Gasteiger partial charge in [-0.3, -0.25) is 9.59 Å². The number of hydrogen-bond acceptors (Lipinski definition) is 4. The van der Waals surface area contributed by atoms with Gasteiger partial charge in [0.1, 0.15) is 6.04 Å². The Morgan fingerprint density at radius 2 is 2.00 bits per heavy atom. The standard InChI is InChI=1S/C11H17N3O2S/c1-6(2)9-5-17-11(13-9)14-10(16)7(3)12-8(4)15/h5-7H,1-4H3,(H,12,15)(H,13,14,16)/t7-/m1/s1. The third-order valence-corrected chi connectivity index (χ3v) is 2.93. The van der Waals surface area contributed by atoms with Crippen molar-refractivity contribution >= 4 is 28.3 Å². The quantitative estimate of drug-likeness (QED) is 0.860. The zero-order chi connectivity index (χ0) is 13.0. The van der Waals surface area contributed by atoms with Crippen molar-refractivity contribution in [1.29, 1.82) is 0 Å². The first-order valence-electron chi connectivity index (χ1n) is 5.43. The maximum atomic E-state index is 11.7. The van der Waals surface area contributed by atoms with Crippen molar-refractivity contribution in [1.82, 2.24) is 10.3 Å². The van der Waals surface area contributed by atoms with Crippen LogP contribution in [0.4, 0.5) is 5.13 Å². The number of rotatable bonds is 4. The molecule has 94 valence electrons. The highest BCUT2D eigenvalue weighted by atomic mass is 32.1.